The van der Waals surface area contributed by atoms with Gasteiger partial charge in [-0.15, -0.1) is 0 Å². The molecule has 2 N–H and O–H groups in total. The van der Waals surface area contributed by atoms with Crippen LogP contribution in [0.5, 0.6) is 0 Å². The highest BCUT2D eigenvalue weighted by Crippen LogP contribution is 2.33. The van der Waals surface area contributed by atoms with E-state index in [9.17, 15) is 0 Å². The first-order valence-electron chi connectivity index (χ1n) is 6.57. The number of hydrogen-bond donors (Lipinski definition) is 1. The van der Waals surface area contributed by atoms with Crippen molar-refractivity contribution in [2.75, 3.05) is 0 Å². The Morgan fingerprint density at radius 2 is 2.06 bits per heavy atom. The number of aromatic nitrogens is 2. The molecule has 0 spiro atoms. The van der Waals surface area contributed by atoms with E-state index in [0.717, 1.165) is 25.3 Å². The smallest absolute Gasteiger partial charge is 0.0669 e. The number of aryl methyl sites for hydroxylation is 2. The van der Waals surface area contributed by atoms with Gasteiger partial charge in [-0.25, -0.2) is 0 Å². The zero-order valence-corrected chi connectivity index (χ0v) is 10.5. The SMILES string of the molecule is CCc1nn(CCC2CC2)c(CC)c1CN. The summed E-state index contributed by atoms with van der Waals surface area (Å²) in [6.45, 7) is 6.08. The molecule has 1 aliphatic rings. The third kappa shape index (κ3) is 2.29. The van der Waals surface area contributed by atoms with Crippen LogP contribution in [-0.2, 0) is 25.9 Å². The van der Waals surface area contributed by atoms with Gasteiger partial charge in [0.15, 0.2) is 0 Å². The van der Waals surface area contributed by atoms with Crippen LogP contribution in [0.3, 0.4) is 0 Å². The second kappa shape index (κ2) is 5.00. The molecule has 16 heavy (non-hydrogen) atoms. The molecule has 0 radical (unpaired) electrons. The molecule has 1 aromatic heterocycles. The lowest BCUT2D eigenvalue weighted by atomic mass is 10.1. The third-order valence-corrected chi connectivity index (χ3v) is 3.57. The minimum absolute atomic E-state index is 0.635. The summed E-state index contributed by atoms with van der Waals surface area (Å²) in [5, 5.41) is 4.71. The fourth-order valence-corrected chi connectivity index (χ4v) is 2.40. The fourth-order valence-electron chi connectivity index (χ4n) is 2.40. The summed E-state index contributed by atoms with van der Waals surface area (Å²) in [4.78, 5) is 0. The van der Waals surface area contributed by atoms with Crippen LogP contribution >= 0.6 is 0 Å². The van der Waals surface area contributed by atoms with Gasteiger partial charge in [-0.2, -0.15) is 5.10 Å². The monoisotopic (exact) mass is 221 g/mol. The molecule has 2 rings (SSSR count). The first kappa shape index (κ1) is 11.6. The van der Waals surface area contributed by atoms with Gasteiger partial charge >= 0.3 is 0 Å². The van der Waals surface area contributed by atoms with Crippen molar-refractivity contribution in [2.45, 2.75) is 59.0 Å². The van der Waals surface area contributed by atoms with Gasteiger partial charge in [0.25, 0.3) is 0 Å². The number of rotatable bonds is 6. The van der Waals surface area contributed by atoms with E-state index in [4.69, 9.17) is 10.8 Å². The fraction of sp³-hybridized carbons (Fsp3) is 0.769. The molecular formula is C13H23N3. The number of nitrogens with zero attached hydrogens (tertiary/aromatic N) is 2. The highest BCUT2D eigenvalue weighted by molar-refractivity contribution is 5.26. The van der Waals surface area contributed by atoms with E-state index in [0.29, 0.717) is 6.54 Å². The van der Waals surface area contributed by atoms with Crippen molar-refractivity contribution in [2.24, 2.45) is 11.7 Å². The standard InChI is InChI=1S/C13H23N3/c1-3-12-11(9-14)13(4-2)16(15-12)8-7-10-5-6-10/h10H,3-9,14H2,1-2H3. The molecule has 1 aliphatic carbocycles. The van der Waals surface area contributed by atoms with E-state index in [1.807, 2.05) is 0 Å². The Balaban J connectivity index is 2.16. The molecule has 0 aromatic carbocycles. The van der Waals surface area contributed by atoms with Crippen molar-refractivity contribution >= 4 is 0 Å². The van der Waals surface area contributed by atoms with Crippen molar-refractivity contribution in [1.29, 1.82) is 0 Å². The normalized spacial score (nSPS) is 15.7. The lowest BCUT2D eigenvalue weighted by Crippen LogP contribution is -2.07. The van der Waals surface area contributed by atoms with Gasteiger partial charge in [0, 0.05) is 24.3 Å². The van der Waals surface area contributed by atoms with E-state index < -0.39 is 0 Å². The maximum Gasteiger partial charge on any atom is 0.0669 e. The Morgan fingerprint density at radius 1 is 1.31 bits per heavy atom. The second-order valence-electron chi connectivity index (χ2n) is 4.74. The van der Waals surface area contributed by atoms with Crippen molar-refractivity contribution in [3.8, 4) is 0 Å². The molecule has 90 valence electrons. The van der Waals surface area contributed by atoms with Crippen LogP contribution in [0.25, 0.3) is 0 Å². The minimum Gasteiger partial charge on any atom is -0.326 e. The summed E-state index contributed by atoms with van der Waals surface area (Å²) >= 11 is 0. The summed E-state index contributed by atoms with van der Waals surface area (Å²) in [5.41, 5.74) is 9.69. The van der Waals surface area contributed by atoms with Crippen molar-refractivity contribution in [3.63, 3.8) is 0 Å². The zero-order chi connectivity index (χ0) is 11.5. The van der Waals surface area contributed by atoms with Crippen LogP contribution in [0.1, 0.15) is 50.1 Å². The maximum absolute atomic E-state index is 5.83. The average molecular weight is 221 g/mol. The minimum atomic E-state index is 0.635. The first-order chi connectivity index (χ1) is 7.80. The van der Waals surface area contributed by atoms with Crippen LogP contribution in [0.4, 0.5) is 0 Å². The largest absolute Gasteiger partial charge is 0.326 e. The summed E-state index contributed by atoms with van der Waals surface area (Å²) in [7, 11) is 0. The molecule has 0 amide bonds. The van der Waals surface area contributed by atoms with Gasteiger partial charge in [0.1, 0.15) is 0 Å². The van der Waals surface area contributed by atoms with E-state index in [2.05, 4.69) is 18.5 Å². The Morgan fingerprint density at radius 3 is 2.56 bits per heavy atom. The van der Waals surface area contributed by atoms with Gasteiger partial charge in [-0.05, 0) is 25.2 Å². The van der Waals surface area contributed by atoms with Gasteiger partial charge in [0.2, 0.25) is 0 Å². The van der Waals surface area contributed by atoms with E-state index in [-0.39, 0.29) is 0 Å². The predicted molar refractivity (Wildman–Crippen MR) is 66.2 cm³/mol. The average Bonchev–Trinajstić information content (AvgIpc) is 3.06. The Hall–Kier alpha value is -0.830. The van der Waals surface area contributed by atoms with Crippen molar-refractivity contribution in [1.82, 2.24) is 9.78 Å². The Bertz CT molecular complexity index is 350. The van der Waals surface area contributed by atoms with E-state index in [1.165, 1.54) is 36.2 Å². The molecule has 0 aliphatic heterocycles. The third-order valence-electron chi connectivity index (χ3n) is 3.57. The van der Waals surface area contributed by atoms with Crippen LogP contribution in [0.15, 0.2) is 0 Å². The molecule has 0 atom stereocenters. The Kier molecular flexibility index (Phi) is 3.64. The molecule has 0 unspecified atom stereocenters. The van der Waals surface area contributed by atoms with Gasteiger partial charge in [-0.1, -0.05) is 26.7 Å². The van der Waals surface area contributed by atoms with Crippen LogP contribution in [0, 0.1) is 5.92 Å². The molecule has 0 bridgehead atoms. The molecule has 3 nitrogen and oxygen atoms in total. The second-order valence-corrected chi connectivity index (χ2v) is 4.74. The highest BCUT2D eigenvalue weighted by atomic mass is 15.3. The lowest BCUT2D eigenvalue weighted by Gasteiger charge is -2.06. The lowest BCUT2D eigenvalue weighted by molar-refractivity contribution is 0.524. The summed E-state index contributed by atoms with van der Waals surface area (Å²) in [5.74, 6) is 0.973. The number of nitrogens with two attached hydrogens (primary N) is 1. The first-order valence-corrected chi connectivity index (χ1v) is 6.57. The quantitative estimate of drug-likeness (QED) is 0.801. The highest BCUT2D eigenvalue weighted by Gasteiger charge is 2.22. The van der Waals surface area contributed by atoms with Crippen molar-refractivity contribution in [3.05, 3.63) is 17.0 Å². The predicted octanol–water partition coefficient (Wildman–Crippen LogP) is 2.27. The Labute approximate surface area is 98.0 Å². The van der Waals surface area contributed by atoms with Crippen molar-refractivity contribution < 1.29 is 0 Å². The van der Waals surface area contributed by atoms with Gasteiger partial charge in [-0.3, -0.25) is 4.68 Å². The maximum atomic E-state index is 5.83. The van der Waals surface area contributed by atoms with Crippen LogP contribution in [0.2, 0.25) is 0 Å². The summed E-state index contributed by atoms with van der Waals surface area (Å²) < 4.78 is 2.21. The molecular weight excluding hydrogens is 198 g/mol. The molecule has 0 saturated heterocycles. The van der Waals surface area contributed by atoms with Crippen LogP contribution in [-0.4, -0.2) is 9.78 Å². The number of hydrogen-bond acceptors (Lipinski definition) is 2. The summed E-state index contributed by atoms with van der Waals surface area (Å²) in [6, 6.07) is 0. The van der Waals surface area contributed by atoms with E-state index in [1.54, 1.807) is 0 Å². The van der Waals surface area contributed by atoms with Gasteiger partial charge < -0.3 is 5.73 Å². The topological polar surface area (TPSA) is 43.8 Å². The zero-order valence-electron chi connectivity index (χ0n) is 10.5. The summed E-state index contributed by atoms with van der Waals surface area (Å²) in [6.07, 6.45) is 6.18. The molecule has 1 heterocycles. The molecule has 3 heteroatoms. The molecule has 1 fully saturated rings. The van der Waals surface area contributed by atoms with Gasteiger partial charge in [0.05, 0.1) is 5.69 Å². The molecule has 1 saturated carbocycles. The van der Waals surface area contributed by atoms with Crippen LogP contribution < -0.4 is 5.73 Å². The van der Waals surface area contributed by atoms with E-state index >= 15 is 0 Å². The molecule has 1 aromatic rings.